The van der Waals surface area contributed by atoms with Crippen molar-refractivity contribution in [3.8, 4) is 45.2 Å². The Kier molecular flexibility index (Phi) is 11.8. The highest BCUT2D eigenvalue weighted by atomic mass is 16.4. The minimum atomic E-state index is -0.731. The minimum absolute atomic E-state index is 0.591. The van der Waals surface area contributed by atoms with Crippen molar-refractivity contribution in [2.75, 3.05) is 9.80 Å². The van der Waals surface area contributed by atoms with Crippen LogP contribution in [0.15, 0.2) is 300 Å². The van der Waals surface area contributed by atoms with Crippen LogP contribution < -0.4 is 9.80 Å². The van der Waals surface area contributed by atoms with Crippen molar-refractivity contribution < 1.29 is 8.83 Å². The molecule has 6 heteroatoms. The average molecular weight is 1040 g/mol. The van der Waals surface area contributed by atoms with Crippen molar-refractivity contribution >= 4 is 61.9 Å². The quantitative estimate of drug-likeness (QED) is 0.122. The van der Waals surface area contributed by atoms with Gasteiger partial charge in [0.2, 0.25) is 11.8 Å². The zero-order valence-corrected chi connectivity index (χ0v) is 44.2. The zero-order chi connectivity index (χ0) is 53.7. The van der Waals surface area contributed by atoms with Crippen LogP contribution in [0.2, 0.25) is 0 Å². The summed E-state index contributed by atoms with van der Waals surface area (Å²) in [5.41, 5.74) is 22.4. The molecule has 0 saturated carbocycles. The lowest BCUT2D eigenvalue weighted by atomic mass is 9.67. The number of aromatic nitrogens is 2. The van der Waals surface area contributed by atoms with Gasteiger partial charge in [-0.3, -0.25) is 0 Å². The third kappa shape index (κ3) is 8.44. The summed E-state index contributed by atoms with van der Waals surface area (Å²) in [6.45, 7) is 0. The number of anilines is 6. The van der Waals surface area contributed by atoms with Gasteiger partial charge in [0.1, 0.15) is 11.0 Å². The first kappa shape index (κ1) is 47.6. The number of para-hydroxylation sites is 4. The molecule has 0 saturated heterocycles. The molecule has 13 aromatic rings. The Labute approximate surface area is 470 Å². The summed E-state index contributed by atoms with van der Waals surface area (Å²) >= 11 is 0. The number of fused-ring (bicyclic) bond motifs is 5. The van der Waals surface area contributed by atoms with Crippen LogP contribution in [-0.4, -0.2) is 9.97 Å². The van der Waals surface area contributed by atoms with E-state index >= 15 is 0 Å². The molecule has 0 unspecified atom stereocenters. The Hall–Kier alpha value is -10.6. The molecule has 2 aromatic heterocycles. The molecule has 2 aliphatic rings. The fraction of sp³-hybridized carbons (Fsp3) is 0.0400. The van der Waals surface area contributed by atoms with Crippen LogP contribution in [0.4, 0.5) is 34.1 Å². The third-order valence-electron chi connectivity index (χ3n) is 16.1. The lowest BCUT2D eigenvalue weighted by Crippen LogP contribution is -2.29. The molecule has 6 nitrogen and oxygen atoms in total. The number of hydrogen-bond donors (Lipinski definition) is 0. The molecule has 2 aliphatic carbocycles. The van der Waals surface area contributed by atoms with E-state index in [1.165, 1.54) is 50.1 Å². The summed E-state index contributed by atoms with van der Waals surface area (Å²) < 4.78 is 12.5. The Morgan fingerprint density at radius 3 is 1.15 bits per heavy atom. The van der Waals surface area contributed by atoms with E-state index in [1.54, 1.807) is 0 Å². The normalized spacial score (nSPS) is 13.2. The monoisotopic (exact) mass is 1040 g/mol. The van der Waals surface area contributed by atoms with E-state index < -0.39 is 5.41 Å². The molecule has 0 fully saturated rings. The van der Waals surface area contributed by atoms with Gasteiger partial charge in [-0.05, 0) is 190 Å². The van der Waals surface area contributed by atoms with Crippen LogP contribution in [0.25, 0.3) is 72.9 Å². The highest BCUT2D eigenvalue weighted by Crippen LogP contribution is 2.58. The summed E-state index contributed by atoms with van der Waals surface area (Å²) in [4.78, 5) is 14.4. The van der Waals surface area contributed by atoms with Gasteiger partial charge < -0.3 is 18.6 Å². The molecule has 15 rings (SSSR count). The highest BCUT2D eigenvalue weighted by Gasteiger charge is 2.47. The Morgan fingerprint density at radius 1 is 0.333 bits per heavy atom. The fourth-order valence-electron chi connectivity index (χ4n) is 12.2. The van der Waals surface area contributed by atoms with E-state index in [4.69, 9.17) is 18.8 Å². The minimum Gasteiger partial charge on any atom is -0.436 e. The van der Waals surface area contributed by atoms with Gasteiger partial charge in [-0.25, -0.2) is 9.97 Å². The van der Waals surface area contributed by atoms with Crippen LogP contribution in [-0.2, 0) is 5.41 Å². The molecular formula is C75H52N4O2. The summed E-state index contributed by atoms with van der Waals surface area (Å²) in [6.07, 6.45) is 8.97. The van der Waals surface area contributed by atoms with Crippen molar-refractivity contribution in [3.63, 3.8) is 0 Å². The molecule has 384 valence electrons. The lowest BCUT2D eigenvalue weighted by molar-refractivity contribution is 0.619. The molecule has 11 aromatic carbocycles. The van der Waals surface area contributed by atoms with E-state index in [0.717, 1.165) is 85.9 Å². The average Bonchev–Trinajstić information content (AvgIpc) is 3.98. The zero-order valence-electron chi connectivity index (χ0n) is 44.2. The van der Waals surface area contributed by atoms with Crippen LogP contribution in [0.1, 0.15) is 40.7 Å². The van der Waals surface area contributed by atoms with Crippen molar-refractivity contribution in [2.45, 2.75) is 18.3 Å². The van der Waals surface area contributed by atoms with Crippen LogP contribution in [0, 0.1) is 0 Å². The van der Waals surface area contributed by atoms with Crippen LogP contribution >= 0.6 is 0 Å². The molecule has 0 aliphatic heterocycles. The second-order valence-electron chi connectivity index (χ2n) is 20.8. The number of nitrogens with zero attached hydrogens (tertiary/aromatic N) is 4. The molecule has 2 heterocycles. The smallest absolute Gasteiger partial charge is 0.227 e. The van der Waals surface area contributed by atoms with Gasteiger partial charge in [0.25, 0.3) is 0 Å². The Morgan fingerprint density at radius 2 is 0.716 bits per heavy atom. The number of hydrogen-bond acceptors (Lipinski definition) is 6. The van der Waals surface area contributed by atoms with Crippen LogP contribution in [0.5, 0.6) is 0 Å². The molecule has 0 atom stereocenters. The maximum atomic E-state index is 6.26. The van der Waals surface area contributed by atoms with Gasteiger partial charge in [-0.15, -0.1) is 0 Å². The first-order valence-corrected chi connectivity index (χ1v) is 27.7. The number of oxazole rings is 2. The van der Waals surface area contributed by atoms with E-state index in [2.05, 4.69) is 252 Å². The largest absolute Gasteiger partial charge is 0.436 e. The SMILES string of the molecule is C1=CC(c2ccc(N(c3ccc(-c4nc5ccccc5o4)cc3)c3ccc4c(c3)C(c3ccccc3)(c3ccccc3)c3cc(N(c5ccc(-c6ccccc6)cc5)c5ccc(-c6nc7ccccc7o6)cc5)ccc3-4)cc2)=CCC1. The number of benzene rings is 11. The summed E-state index contributed by atoms with van der Waals surface area (Å²) in [6, 6.07) is 97.7. The molecule has 0 bridgehead atoms. The number of rotatable bonds is 12. The first-order chi connectivity index (χ1) is 40.1. The summed E-state index contributed by atoms with van der Waals surface area (Å²) in [5.74, 6) is 1.19. The van der Waals surface area contributed by atoms with Gasteiger partial charge in [-0.2, -0.15) is 0 Å². The van der Waals surface area contributed by atoms with Gasteiger partial charge in [0.15, 0.2) is 11.2 Å². The van der Waals surface area contributed by atoms with Gasteiger partial charge >= 0.3 is 0 Å². The van der Waals surface area contributed by atoms with Gasteiger partial charge in [0, 0.05) is 45.3 Å². The van der Waals surface area contributed by atoms with E-state index in [0.29, 0.717) is 11.8 Å². The second-order valence-corrected chi connectivity index (χ2v) is 20.8. The molecule has 81 heavy (non-hydrogen) atoms. The first-order valence-electron chi connectivity index (χ1n) is 27.7. The Balaban J connectivity index is 0.900. The maximum Gasteiger partial charge on any atom is 0.227 e. The van der Waals surface area contributed by atoms with Crippen molar-refractivity contribution in [3.05, 3.63) is 319 Å². The van der Waals surface area contributed by atoms with Crippen molar-refractivity contribution in [1.82, 2.24) is 9.97 Å². The fourth-order valence-corrected chi connectivity index (χ4v) is 12.2. The lowest BCUT2D eigenvalue weighted by Gasteiger charge is -2.35. The van der Waals surface area contributed by atoms with Crippen molar-refractivity contribution in [2.24, 2.45) is 0 Å². The summed E-state index contributed by atoms with van der Waals surface area (Å²) in [7, 11) is 0. The number of allylic oxidation sites excluding steroid dienone is 4. The van der Waals surface area contributed by atoms with Crippen LogP contribution in [0.3, 0.4) is 0 Å². The van der Waals surface area contributed by atoms with E-state index in [-0.39, 0.29) is 0 Å². The highest BCUT2D eigenvalue weighted by molar-refractivity contribution is 5.93. The third-order valence-corrected chi connectivity index (χ3v) is 16.1. The van der Waals surface area contributed by atoms with Gasteiger partial charge in [-0.1, -0.05) is 170 Å². The van der Waals surface area contributed by atoms with Gasteiger partial charge in [0.05, 0.1) is 5.41 Å². The summed E-state index contributed by atoms with van der Waals surface area (Å²) in [5, 5.41) is 0. The standard InChI is InChI=1S/C75H52N4O2/c1-5-17-51(18-6-1)53-29-37-59(38-30-53)78(61-41-33-55(34-42-61)73-76-69-25-13-15-27-71(69)80-73)63-45-47-65-66-48-46-64(50-68(66)75(67(65)49-63,57-21-9-3-10-22-57)58-23-11-4-12-24-58)79(60-39-31-54(32-40-60)52-19-7-2-8-20-52)62-43-35-56(36-44-62)74-77-70-26-14-16-28-72(70)81-74/h1,3-7,9-50H,2,8H2. The topological polar surface area (TPSA) is 58.5 Å². The molecular weight excluding hydrogens is 989 g/mol. The maximum absolute atomic E-state index is 6.26. The predicted molar refractivity (Wildman–Crippen MR) is 331 cm³/mol. The molecule has 0 spiro atoms. The molecule has 0 N–H and O–H groups in total. The molecule has 0 amide bonds. The predicted octanol–water partition coefficient (Wildman–Crippen LogP) is 20.0. The van der Waals surface area contributed by atoms with E-state index in [1.807, 2.05) is 48.5 Å². The Bertz CT molecular complexity index is 4380. The van der Waals surface area contributed by atoms with Crippen molar-refractivity contribution in [1.29, 1.82) is 0 Å². The second kappa shape index (κ2) is 20.0. The van der Waals surface area contributed by atoms with E-state index in [9.17, 15) is 0 Å². The molecule has 0 radical (unpaired) electrons.